The van der Waals surface area contributed by atoms with Crippen LogP contribution in [0.15, 0.2) is 24.3 Å². The Bertz CT molecular complexity index is 776. The maximum atomic E-state index is 12.4. The summed E-state index contributed by atoms with van der Waals surface area (Å²) in [5.74, 6) is -4.17. The van der Waals surface area contributed by atoms with Gasteiger partial charge in [-0.15, -0.1) is 0 Å². The highest BCUT2D eigenvalue weighted by atomic mass is 32.1. The van der Waals surface area contributed by atoms with Crippen molar-refractivity contribution in [1.82, 2.24) is 16.0 Å². The molecule has 0 aliphatic rings. The number of aliphatic hydroxyl groups is 2. The van der Waals surface area contributed by atoms with Gasteiger partial charge in [-0.25, -0.2) is 4.79 Å². The maximum Gasteiger partial charge on any atom is 0.326 e. The monoisotopic (exact) mass is 458 g/mol. The van der Waals surface area contributed by atoms with Gasteiger partial charge >= 0.3 is 5.97 Å². The topological polar surface area (TPSA) is 211 Å². The molecule has 0 aliphatic carbocycles. The zero-order valence-corrected chi connectivity index (χ0v) is 17.3. The number of rotatable bonds is 12. The highest BCUT2D eigenvalue weighted by Gasteiger charge is 2.29. The van der Waals surface area contributed by atoms with E-state index >= 15 is 0 Å². The fraction of sp³-hybridized carbons (Fsp3) is 0.444. The quantitative estimate of drug-likeness (QED) is 0.143. The summed E-state index contributed by atoms with van der Waals surface area (Å²) in [6.45, 7) is -1.49. The van der Waals surface area contributed by atoms with Crippen LogP contribution >= 0.6 is 12.6 Å². The van der Waals surface area contributed by atoms with Crippen LogP contribution in [0.5, 0.6) is 5.75 Å². The Kier molecular flexibility index (Phi) is 10.8. The normalized spacial score (nSPS) is 14.6. The minimum Gasteiger partial charge on any atom is -0.508 e. The van der Waals surface area contributed by atoms with Crippen LogP contribution in [0.1, 0.15) is 5.56 Å². The van der Waals surface area contributed by atoms with Gasteiger partial charge in [0.05, 0.1) is 13.2 Å². The van der Waals surface area contributed by atoms with Crippen molar-refractivity contribution in [3.8, 4) is 5.75 Å². The van der Waals surface area contributed by atoms with Crippen molar-refractivity contribution >= 4 is 36.3 Å². The van der Waals surface area contributed by atoms with Gasteiger partial charge < -0.3 is 42.1 Å². The number of aliphatic hydroxyl groups excluding tert-OH is 2. The number of carboxylic acid groups (broad SMARTS) is 1. The molecule has 0 saturated heterocycles. The molecule has 13 heteroatoms. The van der Waals surface area contributed by atoms with Gasteiger partial charge in [0.1, 0.15) is 29.9 Å². The van der Waals surface area contributed by atoms with E-state index in [0.717, 1.165) is 0 Å². The number of amides is 3. The first kappa shape index (κ1) is 26.2. The molecule has 0 spiro atoms. The highest BCUT2D eigenvalue weighted by Crippen LogP contribution is 2.11. The molecule has 1 aromatic rings. The summed E-state index contributed by atoms with van der Waals surface area (Å²) in [6, 6.07) is 0.347. The van der Waals surface area contributed by atoms with Crippen LogP contribution in [-0.2, 0) is 25.6 Å². The zero-order valence-electron chi connectivity index (χ0n) is 16.4. The molecule has 12 nitrogen and oxygen atoms in total. The van der Waals surface area contributed by atoms with Crippen LogP contribution < -0.4 is 21.7 Å². The summed E-state index contributed by atoms with van der Waals surface area (Å²) < 4.78 is 0. The molecule has 9 N–H and O–H groups in total. The lowest BCUT2D eigenvalue weighted by molar-refractivity contribution is -0.142. The van der Waals surface area contributed by atoms with Gasteiger partial charge in [0, 0.05) is 12.2 Å². The molecule has 172 valence electrons. The molecule has 1 rings (SSSR count). The number of hydrogen-bond acceptors (Lipinski definition) is 9. The SMILES string of the molecule is NC(CO)C(=O)NC(CS)C(=O)NC(CO)C(=O)NC(Cc1ccc(O)cc1)C(=O)O. The van der Waals surface area contributed by atoms with Gasteiger partial charge in [-0.05, 0) is 17.7 Å². The molecule has 0 bridgehead atoms. The molecule has 1 aromatic carbocycles. The first-order valence-electron chi connectivity index (χ1n) is 9.12. The standard InChI is InChI=1S/C18H26N4O8S/c19-11(6-23)15(26)22-14(8-31)17(28)21-13(7-24)16(27)20-12(18(29)30)5-9-1-3-10(25)4-2-9/h1-4,11-14,23-25,31H,5-8,19H2,(H,20,27)(H,21,28)(H,22,26)(H,29,30). The van der Waals surface area contributed by atoms with Crippen LogP contribution in [0.25, 0.3) is 0 Å². The van der Waals surface area contributed by atoms with E-state index in [-0.39, 0.29) is 17.9 Å². The Hall–Kier alpha value is -2.87. The predicted molar refractivity (Wildman–Crippen MR) is 111 cm³/mol. The number of carbonyl (C=O) groups excluding carboxylic acids is 3. The van der Waals surface area contributed by atoms with E-state index in [1.54, 1.807) is 0 Å². The average molecular weight is 458 g/mol. The van der Waals surface area contributed by atoms with E-state index in [1.807, 2.05) is 0 Å². The van der Waals surface area contributed by atoms with Gasteiger partial charge in [0.2, 0.25) is 17.7 Å². The fourth-order valence-corrected chi connectivity index (χ4v) is 2.62. The minimum absolute atomic E-state index is 0.00602. The summed E-state index contributed by atoms with van der Waals surface area (Å²) in [4.78, 5) is 48.0. The van der Waals surface area contributed by atoms with E-state index in [9.17, 15) is 34.5 Å². The number of nitrogens with one attached hydrogen (secondary N) is 3. The predicted octanol–water partition coefficient (Wildman–Crippen LogP) is -3.28. The Morgan fingerprint density at radius 3 is 1.87 bits per heavy atom. The molecule has 0 aromatic heterocycles. The van der Waals surface area contributed by atoms with Crippen molar-refractivity contribution in [2.24, 2.45) is 5.73 Å². The third kappa shape index (κ3) is 8.41. The number of aromatic hydroxyl groups is 1. The van der Waals surface area contributed by atoms with E-state index in [0.29, 0.717) is 5.56 Å². The second kappa shape index (κ2) is 12.7. The van der Waals surface area contributed by atoms with E-state index in [4.69, 9.17) is 10.8 Å². The molecule has 3 amide bonds. The molecule has 0 heterocycles. The lowest BCUT2D eigenvalue weighted by Crippen LogP contribution is -2.59. The molecule has 4 unspecified atom stereocenters. The van der Waals surface area contributed by atoms with Crippen molar-refractivity contribution in [2.75, 3.05) is 19.0 Å². The van der Waals surface area contributed by atoms with Gasteiger partial charge in [0.15, 0.2) is 0 Å². The van der Waals surface area contributed by atoms with Crippen LogP contribution in [0.4, 0.5) is 0 Å². The molecule has 0 aliphatic heterocycles. The number of carbonyl (C=O) groups is 4. The van der Waals surface area contributed by atoms with Crippen molar-refractivity contribution in [2.45, 2.75) is 30.6 Å². The lowest BCUT2D eigenvalue weighted by atomic mass is 10.1. The molecule has 31 heavy (non-hydrogen) atoms. The highest BCUT2D eigenvalue weighted by molar-refractivity contribution is 7.80. The molecule has 0 saturated carbocycles. The number of phenolic OH excluding ortho intramolecular Hbond substituents is 1. The van der Waals surface area contributed by atoms with Gasteiger partial charge in [-0.2, -0.15) is 12.6 Å². The zero-order chi connectivity index (χ0) is 23.6. The molecular weight excluding hydrogens is 432 g/mol. The number of nitrogens with two attached hydrogens (primary N) is 1. The van der Waals surface area contributed by atoms with E-state index in [1.165, 1.54) is 24.3 Å². The summed E-state index contributed by atoms with van der Waals surface area (Å²) in [5.41, 5.74) is 5.88. The smallest absolute Gasteiger partial charge is 0.326 e. The summed E-state index contributed by atoms with van der Waals surface area (Å²) in [6.07, 6.45) is -0.109. The lowest BCUT2D eigenvalue weighted by Gasteiger charge is -2.23. The molecule has 4 atom stereocenters. The van der Waals surface area contributed by atoms with Crippen molar-refractivity contribution < 1.29 is 39.6 Å². The van der Waals surface area contributed by atoms with E-state index in [2.05, 4.69) is 28.6 Å². The average Bonchev–Trinajstić information content (AvgIpc) is 2.75. The first-order valence-corrected chi connectivity index (χ1v) is 9.76. The van der Waals surface area contributed by atoms with Crippen molar-refractivity contribution in [3.05, 3.63) is 29.8 Å². The Morgan fingerprint density at radius 1 is 0.871 bits per heavy atom. The van der Waals surface area contributed by atoms with Crippen LogP contribution in [-0.4, -0.2) is 87.3 Å². The van der Waals surface area contributed by atoms with Crippen molar-refractivity contribution in [3.63, 3.8) is 0 Å². The Balaban J connectivity index is 2.78. The summed E-state index contributed by atoms with van der Waals surface area (Å²) in [5, 5.41) is 43.7. The third-order valence-corrected chi connectivity index (χ3v) is 4.52. The first-order chi connectivity index (χ1) is 14.6. The van der Waals surface area contributed by atoms with Gasteiger partial charge in [0.25, 0.3) is 0 Å². The van der Waals surface area contributed by atoms with Crippen LogP contribution in [0, 0.1) is 0 Å². The summed E-state index contributed by atoms with van der Waals surface area (Å²) in [7, 11) is 0. The largest absolute Gasteiger partial charge is 0.508 e. The number of hydrogen-bond donors (Lipinski definition) is 9. The number of carboxylic acids is 1. The summed E-state index contributed by atoms with van der Waals surface area (Å²) >= 11 is 3.94. The Labute approximate surface area is 183 Å². The maximum absolute atomic E-state index is 12.4. The van der Waals surface area contributed by atoms with E-state index < -0.39 is 61.1 Å². The molecule has 0 radical (unpaired) electrons. The molecule has 0 fully saturated rings. The minimum atomic E-state index is -1.50. The van der Waals surface area contributed by atoms with Crippen LogP contribution in [0.2, 0.25) is 0 Å². The van der Waals surface area contributed by atoms with Gasteiger partial charge in [-0.1, -0.05) is 12.1 Å². The third-order valence-electron chi connectivity index (χ3n) is 4.16. The van der Waals surface area contributed by atoms with Gasteiger partial charge in [-0.3, -0.25) is 14.4 Å². The fourth-order valence-electron chi connectivity index (χ4n) is 2.36. The number of benzene rings is 1. The van der Waals surface area contributed by atoms with Crippen LogP contribution in [0.3, 0.4) is 0 Å². The number of thiol groups is 1. The molecular formula is C18H26N4O8S. The van der Waals surface area contributed by atoms with Crippen molar-refractivity contribution in [1.29, 1.82) is 0 Å². The number of aliphatic carboxylic acids is 1. The Morgan fingerprint density at radius 2 is 1.39 bits per heavy atom. The second-order valence-corrected chi connectivity index (χ2v) is 6.91. The second-order valence-electron chi connectivity index (χ2n) is 6.55. The number of phenols is 1.